The number of thioether (sulfide) groups is 1. The lowest BCUT2D eigenvalue weighted by atomic mass is 9.87. The van der Waals surface area contributed by atoms with Gasteiger partial charge in [0.25, 0.3) is 5.69 Å². The van der Waals surface area contributed by atoms with Gasteiger partial charge >= 0.3 is 0 Å². The summed E-state index contributed by atoms with van der Waals surface area (Å²) < 4.78 is 0. The third kappa shape index (κ3) is 5.37. The molecule has 2 aromatic carbocycles. The number of fused-ring (bicyclic) bond motifs is 1. The van der Waals surface area contributed by atoms with E-state index in [2.05, 4.69) is 68.3 Å². The number of non-ortho nitro benzene ring substituents is 1. The van der Waals surface area contributed by atoms with E-state index in [9.17, 15) is 14.9 Å². The molecule has 1 heterocycles. The molecule has 0 spiro atoms. The number of carbonyl (C=O) groups excluding carboxylic acids is 1. The van der Waals surface area contributed by atoms with E-state index in [0.717, 1.165) is 10.5 Å². The van der Waals surface area contributed by atoms with Crippen LogP contribution in [0.15, 0.2) is 58.5 Å². The van der Waals surface area contributed by atoms with Gasteiger partial charge in [-0.1, -0.05) is 12.1 Å². The fraction of sp³-hybridized carbons (Fsp3) is 0.333. The van der Waals surface area contributed by atoms with E-state index >= 15 is 0 Å². The minimum absolute atomic E-state index is 0.0265. The van der Waals surface area contributed by atoms with Gasteiger partial charge in [0.05, 0.1) is 22.4 Å². The highest BCUT2D eigenvalue weighted by atomic mass is 32.2. The van der Waals surface area contributed by atoms with Gasteiger partial charge in [0.15, 0.2) is 0 Å². The number of nitro benzene ring substituents is 1. The molecule has 0 unspecified atom stereocenters. The Labute approximate surface area is 192 Å². The van der Waals surface area contributed by atoms with Gasteiger partial charge in [-0.2, -0.15) is 5.10 Å². The Hall–Kier alpha value is -3.13. The van der Waals surface area contributed by atoms with Crippen LogP contribution in [0.4, 0.5) is 11.4 Å². The van der Waals surface area contributed by atoms with E-state index < -0.39 is 4.92 Å². The van der Waals surface area contributed by atoms with E-state index in [-0.39, 0.29) is 22.9 Å². The zero-order valence-electron chi connectivity index (χ0n) is 19.0. The molecular weight excluding hydrogens is 424 g/mol. The lowest BCUT2D eigenvalue weighted by Gasteiger charge is -2.46. The molecule has 0 atom stereocenters. The number of nitrogens with one attached hydrogen (secondary N) is 1. The Balaban J connectivity index is 1.62. The first kappa shape index (κ1) is 23.5. The number of nitro groups is 1. The van der Waals surface area contributed by atoms with Gasteiger partial charge in [0.1, 0.15) is 0 Å². The predicted octanol–water partition coefficient (Wildman–Crippen LogP) is 5.25. The molecule has 1 aliphatic rings. The molecule has 2 aromatic rings. The average molecular weight is 453 g/mol. The minimum Gasteiger partial charge on any atom is -0.360 e. The molecule has 0 aliphatic carbocycles. The van der Waals surface area contributed by atoms with Gasteiger partial charge in [0.2, 0.25) is 5.91 Å². The Bertz CT molecular complexity index is 1080. The van der Waals surface area contributed by atoms with Crippen molar-refractivity contribution in [1.82, 2.24) is 5.43 Å². The van der Waals surface area contributed by atoms with Crippen LogP contribution < -0.4 is 10.3 Å². The monoisotopic (exact) mass is 452 g/mol. The van der Waals surface area contributed by atoms with E-state index in [1.165, 1.54) is 40.7 Å². The van der Waals surface area contributed by atoms with Crippen molar-refractivity contribution >= 4 is 40.8 Å². The normalized spacial score (nSPS) is 14.9. The molecule has 0 saturated heterocycles. The van der Waals surface area contributed by atoms with E-state index in [1.54, 1.807) is 18.3 Å². The summed E-state index contributed by atoms with van der Waals surface area (Å²) in [5.41, 5.74) is 7.00. The highest BCUT2D eigenvalue weighted by Crippen LogP contribution is 2.40. The summed E-state index contributed by atoms with van der Waals surface area (Å²) in [4.78, 5) is 25.5. The zero-order chi connectivity index (χ0) is 23.5. The van der Waals surface area contributed by atoms with Gasteiger partial charge in [-0.25, -0.2) is 5.43 Å². The molecule has 0 bridgehead atoms. The number of allylic oxidation sites excluding steroid dienone is 1. The molecule has 32 heavy (non-hydrogen) atoms. The SMILES string of the molecule is CC1=CC(C)(C)N(C(C)C)c2ccc(/C=N/NC(=O)CSc3ccc([N+](=O)[O-])cc3)cc21. The lowest BCUT2D eigenvalue weighted by molar-refractivity contribution is -0.384. The summed E-state index contributed by atoms with van der Waals surface area (Å²) in [7, 11) is 0. The summed E-state index contributed by atoms with van der Waals surface area (Å²) in [5, 5.41) is 14.8. The number of rotatable bonds is 7. The van der Waals surface area contributed by atoms with Crippen molar-refractivity contribution in [2.24, 2.45) is 5.10 Å². The molecule has 3 rings (SSSR count). The predicted molar refractivity (Wildman–Crippen MR) is 131 cm³/mol. The lowest BCUT2D eigenvalue weighted by Crippen LogP contribution is -2.49. The van der Waals surface area contributed by atoms with Crippen molar-refractivity contribution in [3.8, 4) is 0 Å². The molecule has 1 amide bonds. The first-order chi connectivity index (χ1) is 15.1. The van der Waals surface area contributed by atoms with Crippen LogP contribution in [0.5, 0.6) is 0 Å². The van der Waals surface area contributed by atoms with Gasteiger partial charge in [-0.15, -0.1) is 11.8 Å². The van der Waals surface area contributed by atoms with Crippen molar-refractivity contribution in [3.63, 3.8) is 0 Å². The van der Waals surface area contributed by atoms with Crippen molar-refractivity contribution in [1.29, 1.82) is 0 Å². The number of amides is 1. The fourth-order valence-electron chi connectivity index (χ4n) is 4.12. The van der Waals surface area contributed by atoms with Crippen molar-refractivity contribution < 1.29 is 9.72 Å². The highest BCUT2D eigenvalue weighted by molar-refractivity contribution is 8.00. The second kappa shape index (κ2) is 9.56. The zero-order valence-corrected chi connectivity index (χ0v) is 19.8. The maximum Gasteiger partial charge on any atom is 0.269 e. The Kier molecular flexibility index (Phi) is 7.03. The summed E-state index contributed by atoms with van der Waals surface area (Å²) >= 11 is 1.30. The van der Waals surface area contributed by atoms with Crippen LogP contribution >= 0.6 is 11.8 Å². The molecule has 1 N–H and O–H groups in total. The quantitative estimate of drug-likeness (QED) is 0.268. The third-order valence-electron chi connectivity index (χ3n) is 5.23. The average Bonchev–Trinajstić information content (AvgIpc) is 2.72. The molecule has 1 aliphatic heterocycles. The molecule has 8 heteroatoms. The molecule has 0 radical (unpaired) electrons. The fourth-order valence-corrected chi connectivity index (χ4v) is 4.81. The molecular formula is C24H28N4O3S. The smallest absolute Gasteiger partial charge is 0.269 e. The van der Waals surface area contributed by atoms with Gasteiger partial charge in [0, 0.05) is 34.3 Å². The van der Waals surface area contributed by atoms with Crippen LogP contribution in [0, 0.1) is 10.1 Å². The molecule has 0 saturated carbocycles. The van der Waals surface area contributed by atoms with Crippen molar-refractivity contribution in [2.45, 2.75) is 51.1 Å². The van der Waals surface area contributed by atoms with Gasteiger partial charge in [-0.05, 0) is 70.0 Å². The van der Waals surface area contributed by atoms with Crippen LogP contribution in [-0.2, 0) is 4.79 Å². The van der Waals surface area contributed by atoms with Crippen molar-refractivity contribution in [3.05, 3.63) is 69.8 Å². The van der Waals surface area contributed by atoms with Crippen LogP contribution in [0.3, 0.4) is 0 Å². The maximum absolute atomic E-state index is 12.1. The van der Waals surface area contributed by atoms with E-state index in [0.29, 0.717) is 6.04 Å². The second-order valence-corrected chi connectivity index (χ2v) is 9.60. The number of hydrogen-bond acceptors (Lipinski definition) is 6. The Morgan fingerprint density at radius 2 is 1.94 bits per heavy atom. The van der Waals surface area contributed by atoms with E-state index in [1.807, 2.05) is 6.07 Å². The number of hydrazone groups is 1. The third-order valence-corrected chi connectivity index (χ3v) is 6.24. The van der Waals surface area contributed by atoms with Gasteiger partial charge < -0.3 is 4.90 Å². The van der Waals surface area contributed by atoms with Crippen LogP contribution in [-0.4, -0.2) is 34.4 Å². The van der Waals surface area contributed by atoms with Crippen LogP contribution in [0.25, 0.3) is 5.57 Å². The van der Waals surface area contributed by atoms with Crippen LogP contribution in [0.1, 0.15) is 45.7 Å². The molecule has 7 nitrogen and oxygen atoms in total. The number of anilines is 1. The number of carbonyl (C=O) groups is 1. The second-order valence-electron chi connectivity index (χ2n) is 8.55. The first-order valence-corrected chi connectivity index (χ1v) is 11.4. The summed E-state index contributed by atoms with van der Waals surface area (Å²) in [6.45, 7) is 11.0. The Morgan fingerprint density at radius 3 is 2.56 bits per heavy atom. The standard InChI is InChI=1S/C24H28N4O3S/c1-16(2)27-22-11-6-18(12-21(22)17(3)13-24(27,4)5)14-25-26-23(29)15-32-20-9-7-19(8-10-20)28(30)31/h6-14,16H,15H2,1-5H3,(H,26,29)/b25-14+. The minimum atomic E-state index is -0.449. The molecule has 168 valence electrons. The first-order valence-electron chi connectivity index (χ1n) is 10.4. The number of benzene rings is 2. The van der Waals surface area contributed by atoms with Crippen LogP contribution in [0.2, 0.25) is 0 Å². The topological polar surface area (TPSA) is 87.8 Å². The maximum atomic E-state index is 12.1. The molecule has 0 aromatic heterocycles. The van der Waals surface area contributed by atoms with E-state index in [4.69, 9.17) is 0 Å². The van der Waals surface area contributed by atoms with Crippen molar-refractivity contribution in [2.75, 3.05) is 10.7 Å². The highest BCUT2D eigenvalue weighted by Gasteiger charge is 2.32. The summed E-state index contributed by atoms with van der Waals surface area (Å²) in [5.74, 6) is -0.0778. The summed E-state index contributed by atoms with van der Waals surface area (Å²) in [6.07, 6.45) is 3.93. The summed E-state index contributed by atoms with van der Waals surface area (Å²) in [6, 6.07) is 12.7. The molecule has 0 fully saturated rings. The number of hydrogen-bond donors (Lipinski definition) is 1. The largest absolute Gasteiger partial charge is 0.360 e. The number of nitrogens with zero attached hydrogens (tertiary/aromatic N) is 3. The Morgan fingerprint density at radius 1 is 1.25 bits per heavy atom. The van der Waals surface area contributed by atoms with Gasteiger partial charge in [-0.3, -0.25) is 14.9 Å².